The van der Waals surface area contributed by atoms with Crippen LogP contribution < -0.4 is 0 Å². The van der Waals surface area contributed by atoms with E-state index >= 15 is 0 Å². The number of carbonyl (C=O) groups is 2. The van der Waals surface area contributed by atoms with E-state index in [-0.39, 0.29) is 13.2 Å². The second-order valence-corrected chi connectivity index (χ2v) is 4.35. The molecule has 0 aromatic carbocycles. The van der Waals surface area contributed by atoms with Gasteiger partial charge in [-0.15, -0.1) is 6.58 Å². The van der Waals surface area contributed by atoms with Crippen molar-refractivity contribution in [3.63, 3.8) is 0 Å². The molecule has 0 saturated heterocycles. The fourth-order valence-corrected chi connectivity index (χ4v) is 0.902. The number of ether oxygens (including phenoxy) is 2. The summed E-state index contributed by atoms with van der Waals surface area (Å²) >= 11 is 0. The number of hydrogen-bond acceptors (Lipinski definition) is 5. The van der Waals surface area contributed by atoms with Crippen LogP contribution in [0.15, 0.2) is 17.8 Å². The Labute approximate surface area is 107 Å². The van der Waals surface area contributed by atoms with Crippen molar-refractivity contribution in [2.24, 2.45) is 5.10 Å². The van der Waals surface area contributed by atoms with E-state index in [0.29, 0.717) is 0 Å². The average molecular weight is 256 g/mol. The van der Waals surface area contributed by atoms with E-state index in [1.54, 1.807) is 27.7 Å². The third-order valence-corrected chi connectivity index (χ3v) is 1.50. The predicted octanol–water partition coefficient (Wildman–Crippen LogP) is 1.96. The SMILES string of the molecule is C=CCN(N=CC(=O)OCC)C(=O)OC(C)(C)C. The minimum absolute atomic E-state index is 0.144. The van der Waals surface area contributed by atoms with Gasteiger partial charge in [-0.05, 0) is 27.7 Å². The number of carbonyl (C=O) groups excluding carboxylic acids is 2. The Balaban J connectivity index is 4.60. The zero-order chi connectivity index (χ0) is 14.2. The molecule has 0 unspecified atom stereocenters. The number of amides is 1. The monoisotopic (exact) mass is 256 g/mol. The Bertz CT molecular complexity index is 331. The highest BCUT2D eigenvalue weighted by Gasteiger charge is 2.21. The van der Waals surface area contributed by atoms with E-state index < -0.39 is 17.7 Å². The molecule has 0 aromatic heterocycles. The third kappa shape index (κ3) is 7.43. The largest absolute Gasteiger partial charge is 0.462 e. The van der Waals surface area contributed by atoms with Crippen LogP contribution in [0.2, 0.25) is 0 Å². The Hall–Kier alpha value is -1.85. The number of hydrogen-bond donors (Lipinski definition) is 0. The van der Waals surface area contributed by atoms with Crippen molar-refractivity contribution >= 4 is 18.3 Å². The standard InChI is InChI=1S/C12H20N2O4/c1-6-8-14(11(16)18-12(3,4)5)13-9-10(15)17-7-2/h6,9H,1,7-8H2,2-5H3. The summed E-state index contributed by atoms with van der Waals surface area (Å²) in [7, 11) is 0. The van der Waals surface area contributed by atoms with Crippen LogP contribution in [0.5, 0.6) is 0 Å². The van der Waals surface area contributed by atoms with Gasteiger partial charge >= 0.3 is 12.1 Å². The first-order valence-corrected chi connectivity index (χ1v) is 5.62. The summed E-state index contributed by atoms with van der Waals surface area (Å²) < 4.78 is 9.78. The summed E-state index contributed by atoms with van der Waals surface area (Å²) in [6.07, 6.45) is 1.76. The van der Waals surface area contributed by atoms with Gasteiger partial charge in [-0.25, -0.2) is 9.59 Å². The maximum atomic E-state index is 11.7. The smallest absolute Gasteiger partial charge is 0.431 e. The average Bonchev–Trinajstić information content (AvgIpc) is 2.22. The Morgan fingerprint density at radius 3 is 2.44 bits per heavy atom. The lowest BCUT2D eigenvalue weighted by molar-refractivity contribution is -0.134. The van der Waals surface area contributed by atoms with Crippen molar-refractivity contribution in [1.29, 1.82) is 0 Å². The van der Waals surface area contributed by atoms with Gasteiger partial charge in [0.15, 0.2) is 0 Å². The van der Waals surface area contributed by atoms with Crippen molar-refractivity contribution in [2.45, 2.75) is 33.3 Å². The molecule has 0 bridgehead atoms. The van der Waals surface area contributed by atoms with Gasteiger partial charge in [-0.3, -0.25) is 0 Å². The van der Waals surface area contributed by atoms with E-state index in [2.05, 4.69) is 16.4 Å². The van der Waals surface area contributed by atoms with E-state index in [0.717, 1.165) is 11.2 Å². The molecule has 0 aliphatic heterocycles. The van der Waals surface area contributed by atoms with Gasteiger partial charge in [0.1, 0.15) is 11.8 Å². The van der Waals surface area contributed by atoms with Crippen molar-refractivity contribution in [3.05, 3.63) is 12.7 Å². The maximum Gasteiger partial charge on any atom is 0.431 e. The molecule has 6 nitrogen and oxygen atoms in total. The van der Waals surface area contributed by atoms with E-state index in [1.807, 2.05) is 0 Å². The molecule has 0 saturated carbocycles. The summed E-state index contributed by atoms with van der Waals surface area (Å²) in [5.74, 6) is -0.616. The highest BCUT2D eigenvalue weighted by Crippen LogP contribution is 2.10. The van der Waals surface area contributed by atoms with Crippen LogP contribution in [-0.4, -0.2) is 42.0 Å². The van der Waals surface area contributed by atoms with E-state index in [1.165, 1.54) is 6.08 Å². The summed E-state index contributed by atoms with van der Waals surface area (Å²) in [6.45, 7) is 10.8. The van der Waals surface area contributed by atoms with Gasteiger partial charge < -0.3 is 9.47 Å². The lowest BCUT2D eigenvalue weighted by Crippen LogP contribution is -2.34. The molecular weight excluding hydrogens is 236 g/mol. The Morgan fingerprint density at radius 2 is 2.00 bits per heavy atom. The molecule has 1 amide bonds. The second kappa shape index (κ2) is 7.47. The number of hydrazone groups is 1. The molecule has 0 aromatic rings. The van der Waals surface area contributed by atoms with Crippen molar-refractivity contribution in [1.82, 2.24) is 5.01 Å². The van der Waals surface area contributed by atoms with Crippen molar-refractivity contribution < 1.29 is 19.1 Å². The molecular formula is C12H20N2O4. The molecule has 0 aliphatic rings. The molecule has 0 spiro atoms. The van der Waals surface area contributed by atoms with E-state index in [9.17, 15) is 9.59 Å². The predicted molar refractivity (Wildman–Crippen MR) is 68.3 cm³/mol. The van der Waals surface area contributed by atoms with Crippen LogP contribution in [0.1, 0.15) is 27.7 Å². The first kappa shape index (κ1) is 16.1. The van der Waals surface area contributed by atoms with Crippen LogP contribution in [0.25, 0.3) is 0 Å². The summed E-state index contributed by atoms with van der Waals surface area (Å²) in [5, 5.41) is 4.70. The minimum atomic E-state index is -0.650. The molecule has 0 N–H and O–H groups in total. The molecule has 0 aliphatic carbocycles. The zero-order valence-electron chi connectivity index (χ0n) is 11.3. The van der Waals surface area contributed by atoms with Gasteiger partial charge in [-0.1, -0.05) is 6.08 Å². The van der Waals surface area contributed by atoms with Gasteiger partial charge in [0.2, 0.25) is 0 Å². The van der Waals surface area contributed by atoms with E-state index in [4.69, 9.17) is 4.74 Å². The number of nitrogens with zero attached hydrogens (tertiary/aromatic N) is 2. The maximum absolute atomic E-state index is 11.7. The fraction of sp³-hybridized carbons (Fsp3) is 0.583. The van der Waals surface area contributed by atoms with Gasteiger partial charge in [0, 0.05) is 0 Å². The Kier molecular flexibility index (Phi) is 6.70. The highest BCUT2D eigenvalue weighted by molar-refractivity contribution is 6.23. The molecule has 6 heteroatoms. The summed E-state index contributed by atoms with van der Waals surface area (Å²) in [5.41, 5.74) is -0.629. The van der Waals surface area contributed by atoms with Gasteiger partial charge in [-0.2, -0.15) is 10.1 Å². The molecule has 0 atom stereocenters. The summed E-state index contributed by atoms with van der Waals surface area (Å²) in [6, 6.07) is 0. The molecule has 18 heavy (non-hydrogen) atoms. The number of esters is 1. The highest BCUT2D eigenvalue weighted by atomic mass is 16.6. The molecule has 0 radical (unpaired) electrons. The quantitative estimate of drug-likeness (QED) is 0.326. The Morgan fingerprint density at radius 1 is 1.39 bits per heavy atom. The molecule has 102 valence electrons. The first-order valence-electron chi connectivity index (χ1n) is 5.62. The topological polar surface area (TPSA) is 68.2 Å². The van der Waals surface area contributed by atoms with Crippen LogP contribution in [-0.2, 0) is 14.3 Å². The lowest BCUT2D eigenvalue weighted by atomic mass is 10.2. The van der Waals surface area contributed by atoms with Crippen LogP contribution in [0, 0.1) is 0 Å². The van der Waals surface area contributed by atoms with Crippen LogP contribution in [0.4, 0.5) is 4.79 Å². The minimum Gasteiger partial charge on any atom is -0.462 e. The van der Waals surface area contributed by atoms with Crippen molar-refractivity contribution in [2.75, 3.05) is 13.2 Å². The zero-order valence-corrected chi connectivity index (χ0v) is 11.3. The van der Waals surface area contributed by atoms with Crippen molar-refractivity contribution in [3.8, 4) is 0 Å². The fourth-order valence-electron chi connectivity index (χ4n) is 0.902. The van der Waals surface area contributed by atoms with Crippen LogP contribution >= 0.6 is 0 Å². The first-order chi connectivity index (χ1) is 8.30. The molecule has 0 fully saturated rings. The van der Waals surface area contributed by atoms with Crippen LogP contribution in [0.3, 0.4) is 0 Å². The third-order valence-electron chi connectivity index (χ3n) is 1.50. The normalized spacial score (nSPS) is 11.1. The molecule has 0 rings (SSSR count). The lowest BCUT2D eigenvalue weighted by Gasteiger charge is -2.23. The van der Waals surface area contributed by atoms with Gasteiger partial charge in [0.05, 0.1) is 13.2 Å². The summed E-state index contributed by atoms with van der Waals surface area (Å²) in [4.78, 5) is 22.8. The molecule has 0 heterocycles. The second-order valence-electron chi connectivity index (χ2n) is 4.35. The van der Waals surface area contributed by atoms with Gasteiger partial charge in [0.25, 0.3) is 0 Å². The number of rotatable bonds is 5.